The molecule has 0 saturated carbocycles. The average molecular weight is 242 g/mol. The van der Waals surface area contributed by atoms with Crippen molar-refractivity contribution in [2.24, 2.45) is 0 Å². The summed E-state index contributed by atoms with van der Waals surface area (Å²) in [6.07, 6.45) is -2.64. The number of hydrogen-bond acceptors (Lipinski definition) is 2. The van der Waals surface area contributed by atoms with Crippen molar-refractivity contribution in [3.63, 3.8) is 0 Å². The Bertz CT molecular complexity index is 333. The molecular formula is C8H7Cl2F2NO. The molecule has 2 nitrogen and oxygen atoms in total. The van der Waals surface area contributed by atoms with E-state index in [0.717, 1.165) is 6.07 Å². The predicted octanol–water partition coefficient (Wildman–Crippen LogP) is 3.42. The molecule has 14 heavy (non-hydrogen) atoms. The minimum absolute atomic E-state index is 0.0525. The zero-order valence-electron chi connectivity index (χ0n) is 7.23. The lowest BCUT2D eigenvalue weighted by Crippen LogP contribution is -1.99. The van der Waals surface area contributed by atoms with E-state index in [1.54, 1.807) is 0 Å². The van der Waals surface area contributed by atoms with Gasteiger partial charge >= 0.3 is 0 Å². The van der Waals surface area contributed by atoms with Gasteiger partial charge in [-0.05, 0) is 6.07 Å². The van der Waals surface area contributed by atoms with Gasteiger partial charge < -0.3 is 4.74 Å². The van der Waals surface area contributed by atoms with Crippen LogP contribution >= 0.6 is 23.2 Å². The molecule has 0 bridgehead atoms. The lowest BCUT2D eigenvalue weighted by atomic mass is 10.2. The third kappa shape index (κ3) is 2.25. The van der Waals surface area contributed by atoms with Crippen LogP contribution in [0.4, 0.5) is 8.78 Å². The summed E-state index contributed by atoms with van der Waals surface area (Å²) in [5, 5.41) is 0.0525. The third-order valence-electron chi connectivity index (χ3n) is 1.61. The van der Waals surface area contributed by atoms with Crippen molar-refractivity contribution in [1.82, 2.24) is 4.98 Å². The van der Waals surface area contributed by atoms with E-state index in [4.69, 9.17) is 27.9 Å². The Morgan fingerprint density at radius 1 is 1.57 bits per heavy atom. The summed E-state index contributed by atoms with van der Waals surface area (Å²) in [6, 6.07) is 1.12. The molecule has 6 heteroatoms. The molecule has 1 aromatic rings. The smallest absolute Gasteiger partial charge is 0.265 e. The minimum atomic E-state index is -2.64. The molecule has 1 aromatic heterocycles. The molecule has 0 atom stereocenters. The van der Waals surface area contributed by atoms with E-state index >= 15 is 0 Å². The second-order valence-electron chi connectivity index (χ2n) is 2.45. The van der Waals surface area contributed by atoms with Crippen LogP contribution in [0.5, 0.6) is 5.88 Å². The van der Waals surface area contributed by atoms with Crippen LogP contribution in [0.15, 0.2) is 6.07 Å². The quantitative estimate of drug-likeness (QED) is 0.757. The minimum Gasteiger partial charge on any atom is -0.480 e. The Balaban J connectivity index is 3.24. The number of hydrogen-bond donors (Lipinski definition) is 0. The maximum atomic E-state index is 12.4. The summed E-state index contributed by atoms with van der Waals surface area (Å²) in [5.41, 5.74) is -0.172. The summed E-state index contributed by atoms with van der Waals surface area (Å²) in [5.74, 6) is -0.000525. The first-order chi connectivity index (χ1) is 6.60. The maximum absolute atomic E-state index is 12.4. The van der Waals surface area contributed by atoms with Gasteiger partial charge in [0.05, 0.1) is 18.7 Å². The fourth-order valence-electron chi connectivity index (χ4n) is 0.961. The molecule has 0 N–H and O–H groups in total. The van der Waals surface area contributed by atoms with Gasteiger partial charge in [-0.15, -0.1) is 11.6 Å². The van der Waals surface area contributed by atoms with Gasteiger partial charge in [-0.25, -0.2) is 13.8 Å². The molecule has 1 heterocycles. The lowest BCUT2D eigenvalue weighted by molar-refractivity contribution is 0.150. The van der Waals surface area contributed by atoms with E-state index in [9.17, 15) is 8.78 Å². The van der Waals surface area contributed by atoms with Crippen LogP contribution in [0.3, 0.4) is 0 Å². The molecular weight excluding hydrogens is 235 g/mol. The summed E-state index contributed by atoms with van der Waals surface area (Å²) >= 11 is 11.1. The van der Waals surface area contributed by atoms with Crippen molar-refractivity contribution in [3.05, 3.63) is 22.3 Å². The van der Waals surface area contributed by atoms with Gasteiger partial charge in [-0.1, -0.05) is 11.6 Å². The first kappa shape index (κ1) is 11.5. The van der Waals surface area contributed by atoms with E-state index in [0.29, 0.717) is 0 Å². The summed E-state index contributed by atoms with van der Waals surface area (Å²) in [6.45, 7) is 0. The Hall–Kier alpha value is -0.610. The SMILES string of the molecule is COc1nc(CCl)c(C(F)F)cc1Cl. The topological polar surface area (TPSA) is 22.1 Å². The van der Waals surface area contributed by atoms with Crippen LogP contribution in [0.25, 0.3) is 0 Å². The molecule has 0 aromatic carbocycles. The molecule has 0 spiro atoms. The standard InChI is InChI=1S/C8H7Cl2F2NO/c1-14-8-5(10)2-4(7(11)12)6(3-9)13-8/h2,7H,3H2,1H3. The Kier molecular flexibility index (Phi) is 3.89. The highest BCUT2D eigenvalue weighted by Gasteiger charge is 2.17. The summed E-state index contributed by atoms with van der Waals surface area (Å²) in [7, 11) is 1.36. The molecule has 0 aliphatic rings. The fourth-order valence-corrected chi connectivity index (χ4v) is 1.41. The highest BCUT2D eigenvalue weighted by molar-refractivity contribution is 6.31. The van der Waals surface area contributed by atoms with Crippen LogP contribution in [0.1, 0.15) is 17.7 Å². The van der Waals surface area contributed by atoms with E-state index in [2.05, 4.69) is 4.98 Å². The number of halogens is 4. The fraction of sp³-hybridized carbons (Fsp3) is 0.375. The highest BCUT2D eigenvalue weighted by atomic mass is 35.5. The molecule has 0 aliphatic carbocycles. The van der Waals surface area contributed by atoms with Crippen LogP contribution in [0, 0.1) is 0 Å². The van der Waals surface area contributed by atoms with Crippen molar-refractivity contribution in [3.8, 4) is 5.88 Å². The maximum Gasteiger partial charge on any atom is 0.265 e. The second kappa shape index (κ2) is 4.75. The Morgan fingerprint density at radius 2 is 2.21 bits per heavy atom. The van der Waals surface area contributed by atoms with E-state index in [1.165, 1.54) is 7.11 Å². The zero-order valence-corrected chi connectivity index (χ0v) is 8.74. The van der Waals surface area contributed by atoms with Gasteiger partial charge in [0.2, 0.25) is 5.88 Å². The third-order valence-corrected chi connectivity index (χ3v) is 2.14. The summed E-state index contributed by atoms with van der Waals surface area (Å²) in [4.78, 5) is 3.76. The number of alkyl halides is 3. The first-order valence-electron chi connectivity index (χ1n) is 3.67. The molecule has 0 radical (unpaired) electrons. The summed E-state index contributed by atoms with van der Waals surface area (Å²) < 4.78 is 29.6. The molecule has 0 unspecified atom stereocenters. The van der Waals surface area contributed by atoms with Gasteiger partial charge in [-0.2, -0.15) is 0 Å². The number of methoxy groups -OCH3 is 1. The molecule has 78 valence electrons. The van der Waals surface area contributed by atoms with Crippen LogP contribution in [-0.4, -0.2) is 12.1 Å². The number of pyridine rings is 1. The zero-order chi connectivity index (χ0) is 10.7. The van der Waals surface area contributed by atoms with Gasteiger partial charge in [0.1, 0.15) is 5.02 Å². The first-order valence-corrected chi connectivity index (χ1v) is 4.58. The van der Waals surface area contributed by atoms with Crippen molar-refractivity contribution >= 4 is 23.2 Å². The van der Waals surface area contributed by atoms with Crippen LogP contribution in [-0.2, 0) is 5.88 Å². The van der Waals surface area contributed by atoms with Crippen molar-refractivity contribution in [2.75, 3.05) is 7.11 Å². The predicted molar refractivity (Wildman–Crippen MR) is 50.3 cm³/mol. The van der Waals surface area contributed by atoms with E-state index in [-0.39, 0.29) is 28.0 Å². The van der Waals surface area contributed by atoms with Crippen molar-refractivity contribution in [1.29, 1.82) is 0 Å². The average Bonchev–Trinajstić information content (AvgIpc) is 2.17. The number of rotatable bonds is 3. The monoisotopic (exact) mass is 241 g/mol. The molecule has 0 amide bonds. The van der Waals surface area contributed by atoms with Gasteiger partial charge in [-0.3, -0.25) is 0 Å². The molecule has 0 fully saturated rings. The van der Waals surface area contributed by atoms with E-state index in [1.807, 2.05) is 0 Å². The van der Waals surface area contributed by atoms with Gasteiger partial charge in [0.25, 0.3) is 6.43 Å². The number of ether oxygens (including phenoxy) is 1. The van der Waals surface area contributed by atoms with E-state index < -0.39 is 6.43 Å². The second-order valence-corrected chi connectivity index (χ2v) is 3.12. The Labute approximate surface area is 89.8 Å². The molecule has 0 saturated heterocycles. The largest absolute Gasteiger partial charge is 0.480 e. The van der Waals surface area contributed by atoms with Crippen molar-refractivity contribution < 1.29 is 13.5 Å². The molecule has 1 rings (SSSR count). The number of nitrogens with zero attached hydrogens (tertiary/aromatic N) is 1. The highest BCUT2D eigenvalue weighted by Crippen LogP contribution is 2.30. The van der Waals surface area contributed by atoms with Crippen molar-refractivity contribution in [2.45, 2.75) is 12.3 Å². The molecule has 0 aliphatic heterocycles. The Morgan fingerprint density at radius 3 is 2.64 bits per heavy atom. The normalized spacial score (nSPS) is 10.7. The van der Waals surface area contributed by atoms with Gasteiger partial charge in [0, 0.05) is 5.56 Å². The number of aromatic nitrogens is 1. The van der Waals surface area contributed by atoms with Crippen LogP contribution < -0.4 is 4.74 Å². The van der Waals surface area contributed by atoms with Crippen LogP contribution in [0.2, 0.25) is 5.02 Å². The lowest BCUT2D eigenvalue weighted by Gasteiger charge is -2.08. The van der Waals surface area contributed by atoms with Gasteiger partial charge in [0.15, 0.2) is 0 Å².